The van der Waals surface area contributed by atoms with E-state index in [4.69, 9.17) is 11.6 Å². The highest BCUT2D eigenvalue weighted by atomic mass is 32.2. The second kappa shape index (κ2) is 10.7. The molecule has 0 spiro atoms. The molecule has 6 N–H and O–H groups in total. The minimum absolute atomic E-state index is 0.0721. The Labute approximate surface area is 172 Å². The number of ether oxygens (including phenoxy) is 1. The van der Waals surface area contributed by atoms with Gasteiger partial charge in [-0.15, -0.1) is 11.3 Å². The number of amides is 1. The number of hydrogen-bond donors (Lipinski definition) is 4. The summed E-state index contributed by atoms with van der Waals surface area (Å²) in [6.45, 7) is 0.324. The molecule has 0 aliphatic rings. The Kier molecular flexibility index (Phi) is 8.33. The number of carbonyl (C=O) groups is 2. The van der Waals surface area contributed by atoms with E-state index in [0.717, 1.165) is 14.6 Å². The van der Waals surface area contributed by atoms with Crippen LogP contribution in [0.3, 0.4) is 0 Å². The number of esters is 1. The van der Waals surface area contributed by atoms with Crippen LogP contribution in [0.25, 0.3) is 10.4 Å². The van der Waals surface area contributed by atoms with Crippen molar-refractivity contribution in [3.8, 4) is 10.4 Å². The van der Waals surface area contributed by atoms with Crippen LogP contribution in [0.15, 0.2) is 52.5 Å². The topological polar surface area (TPSA) is 123 Å². The lowest BCUT2D eigenvalue weighted by Gasteiger charge is -2.13. The lowest BCUT2D eigenvalue weighted by molar-refractivity contribution is -0.141. The van der Waals surface area contributed by atoms with E-state index >= 15 is 0 Å². The van der Waals surface area contributed by atoms with Crippen molar-refractivity contribution in [2.45, 2.75) is 4.21 Å². The first kappa shape index (κ1) is 21.8. The number of carbonyl (C=O) groups excluding carboxylic acids is 2. The number of hydrogen-bond acceptors (Lipinski definition) is 9. The predicted molar refractivity (Wildman–Crippen MR) is 112 cm³/mol. The Hall–Kier alpha value is -2.53. The van der Waals surface area contributed by atoms with E-state index in [0.29, 0.717) is 17.8 Å². The molecule has 2 aromatic rings. The van der Waals surface area contributed by atoms with Gasteiger partial charge in [-0.25, -0.2) is 5.84 Å². The maximum absolute atomic E-state index is 11.6. The fourth-order valence-electron chi connectivity index (χ4n) is 2.17. The number of nitrogens with zero attached hydrogens (tertiary/aromatic N) is 1. The number of rotatable bonds is 9. The van der Waals surface area contributed by atoms with Crippen molar-refractivity contribution >= 4 is 35.2 Å². The molecule has 10 heteroatoms. The first-order valence-electron chi connectivity index (χ1n) is 8.29. The number of benzene rings is 1. The van der Waals surface area contributed by atoms with Gasteiger partial charge in [-0.05, 0) is 41.8 Å². The van der Waals surface area contributed by atoms with E-state index in [2.05, 4.69) is 14.8 Å². The summed E-state index contributed by atoms with van der Waals surface area (Å²) in [5.74, 6) is 5.11. The molecule has 150 valence electrons. The predicted octanol–water partition coefficient (Wildman–Crippen LogP) is 1.52. The van der Waals surface area contributed by atoms with Gasteiger partial charge in [0.2, 0.25) is 0 Å². The number of nitrogens with two attached hydrogens (primary N) is 2. The van der Waals surface area contributed by atoms with E-state index in [1.165, 1.54) is 30.3 Å². The highest BCUT2D eigenvalue weighted by molar-refractivity contribution is 7.99. The summed E-state index contributed by atoms with van der Waals surface area (Å²) in [5, 5.41) is 3.78. The fraction of sp³-hybridized carbons (Fsp3) is 0.222. The van der Waals surface area contributed by atoms with Gasteiger partial charge in [0, 0.05) is 35.9 Å². The molecule has 0 unspecified atom stereocenters. The minimum Gasteiger partial charge on any atom is -0.468 e. The Morgan fingerprint density at radius 3 is 2.61 bits per heavy atom. The van der Waals surface area contributed by atoms with Gasteiger partial charge in [0.05, 0.1) is 11.3 Å². The van der Waals surface area contributed by atoms with Crippen LogP contribution in [0.5, 0.6) is 0 Å². The maximum atomic E-state index is 11.6. The molecule has 0 radical (unpaired) electrons. The largest absolute Gasteiger partial charge is 0.468 e. The van der Waals surface area contributed by atoms with Crippen molar-refractivity contribution in [2.24, 2.45) is 11.6 Å². The van der Waals surface area contributed by atoms with E-state index in [9.17, 15) is 9.59 Å². The molecule has 1 aromatic heterocycles. The molecule has 1 amide bonds. The van der Waals surface area contributed by atoms with Gasteiger partial charge < -0.3 is 20.8 Å². The molecule has 0 saturated carbocycles. The van der Waals surface area contributed by atoms with Crippen molar-refractivity contribution in [2.75, 3.05) is 27.2 Å². The maximum Gasteiger partial charge on any atom is 0.326 e. The zero-order chi connectivity index (χ0) is 20.5. The molecule has 0 atom stereocenters. The van der Waals surface area contributed by atoms with Crippen LogP contribution in [-0.2, 0) is 9.53 Å². The Bertz CT molecular complexity index is 836. The average molecular weight is 422 g/mol. The van der Waals surface area contributed by atoms with E-state index < -0.39 is 5.97 Å². The van der Waals surface area contributed by atoms with Crippen LogP contribution in [0.4, 0.5) is 0 Å². The zero-order valence-corrected chi connectivity index (χ0v) is 17.2. The summed E-state index contributed by atoms with van der Waals surface area (Å²) in [5.41, 5.74) is 8.05. The molecule has 2 rings (SSSR count). The second-order valence-corrected chi connectivity index (χ2v) is 7.93. The molecule has 0 aliphatic heterocycles. The molecule has 8 nitrogen and oxygen atoms in total. The lowest BCUT2D eigenvalue weighted by atomic mass is 10.1. The van der Waals surface area contributed by atoms with Crippen LogP contribution in [-0.4, -0.2) is 44.1 Å². The summed E-state index contributed by atoms with van der Waals surface area (Å²) in [4.78, 5) is 23.8. The zero-order valence-electron chi connectivity index (χ0n) is 15.6. The third-order valence-corrected chi connectivity index (χ3v) is 5.61. The average Bonchev–Trinajstić information content (AvgIpc) is 3.16. The molecular weight excluding hydrogens is 398 g/mol. The second-order valence-electron chi connectivity index (χ2n) is 5.65. The molecule has 0 aliphatic carbocycles. The quantitative estimate of drug-likeness (QED) is 0.208. The summed E-state index contributed by atoms with van der Waals surface area (Å²) < 4.78 is 8.76. The minimum atomic E-state index is -0.441. The number of thiophene rings is 1. The van der Waals surface area contributed by atoms with Crippen molar-refractivity contribution in [1.29, 1.82) is 0 Å². The fourth-order valence-corrected chi connectivity index (χ4v) is 4.04. The third kappa shape index (κ3) is 6.57. The molecular formula is C18H23N5O3S2. The summed E-state index contributed by atoms with van der Waals surface area (Å²) >= 11 is 3.08. The monoisotopic (exact) mass is 421 g/mol. The lowest BCUT2D eigenvalue weighted by Crippen LogP contribution is -2.33. The molecule has 0 saturated heterocycles. The van der Waals surface area contributed by atoms with Gasteiger partial charge in [0.15, 0.2) is 0 Å². The SMILES string of the molecule is CNC(=O)c1ccc(-c2ccc(SNC/C(N)=C/N(N)CC(=O)OC)s2)cc1. The van der Waals surface area contributed by atoms with Crippen LogP contribution < -0.4 is 21.6 Å². The first-order valence-corrected chi connectivity index (χ1v) is 9.92. The van der Waals surface area contributed by atoms with Crippen LogP contribution in [0, 0.1) is 0 Å². The van der Waals surface area contributed by atoms with Gasteiger partial charge in [-0.2, -0.15) is 0 Å². The summed E-state index contributed by atoms with van der Waals surface area (Å²) in [7, 11) is 2.91. The number of nitrogens with one attached hydrogen (secondary N) is 2. The molecule has 1 aromatic carbocycles. The highest BCUT2D eigenvalue weighted by Gasteiger charge is 2.07. The molecule has 1 heterocycles. The van der Waals surface area contributed by atoms with Gasteiger partial charge in [-0.1, -0.05) is 12.1 Å². The van der Waals surface area contributed by atoms with Gasteiger partial charge >= 0.3 is 5.97 Å². The normalized spacial score (nSPS) is 11.2. The van der Waals surface area contributed by atoms with E-state index in [1.807, 2.05) is 24.3 Å². The standard InChI is InChI=1S/C18H23N5O3S2/c1-21-18(25)13-5-3-12(4-6-13)15-7-8-17(27-15)28-22-9-14(19)10-23(20)11-16(24)26-2/h3-8,10,22H,9,11,19-20H2,1-2H3,(H,21,25)/b14-10-. The van der Waals surface area contributed by atoms with Crippen molar-refractivity contribution < 1.29 is 14.3 Å². The van der Waals surface area contributed by atoms with Crippen LogP contribution in [0.1, 0.15) is 10.4 Å². The highest BCUT2D eigenvalue weighted by Crippen LogP contribution is 2.32. The molecule has 28 heavy (non-hydrogen) atoms. The number of methoxy groups -OCH3 is 1. The molecule has 0 bridgehead atoms. The third-order valence-electron chi connectivity index (χ3n) is 3.56. The van der Waals surface area contributed by atoms with Crippen molar-refractivity contribution in [3.05, 3.63) is 53.9 Å². The number of hydrazine groups is 1. The molecule has 0 fully saturated rings. The van der Waals surface area contributed by atoms with Crippen LogP contribution >= 0.6 is 23.3 Å². The van der Waals surface area contributed by atoms with Gasteiger partial charge in [-0.3, -0.25) is 14.3 Å². The van der Waals surface area contributed by atoms with E-state index in [-0.39, 0.29) is 12.5 Å². The first-order chi connectivity index (χ1) is 13.4. The van der Waals surface area contributed by atoms with Crippen LogP contribution in [0.2, 0.25) is 0 Å². The Morgan fingerprint density at radius 2 is 1.96 bits per heavy atom. The Morgan fingerprint density at radius 1 is 1.25 bits per heavy atom. The van der Waals surface area contributed by atoms with Crippen molar-refractivity contribution in [1.82, 2.24) is 15.0 Å². The summed E-state index contributed by atoms with van der Waals surface area (Å²) in [6.07, 6.45) is 1.48. The van der Waals surface area contributed by atoms with Crippen molar-refractivity contribution in [3.63, 3.8) is 0 Å². The smallest absolute Gasteiger partial charge is 0.326 e. The summed E-state index contributed by atoms with van der Waals surface area (Å²) in [6, 6.07) is 11.5. The Balaban J connectivity index is 1.86. The van der Waals surface area contributed by atoms with E-state index in [1.54, 1.807) is 30.5 Å². The van der Waals surface area contributed by atoms with Gasteiger partial charge in [0.1, 0.15) is 6.54 Å². The van der Waals surface area contributed by atoms with Gasteiger partial charge in [0.25, 0.3) is 5.91 Å².